The number of hydrogen-bond donors (Lipinski definition) is 1. The predicted octanol–water partition coefficient (Wildman–Crippen LogP) is 2.60. The lowest BCUT2D eigenvalue weighted by atomic mass is 9.71. The molecular formula is C18H34NO6S-. The Morgan fingerprint density at radius 3 is 2.04 bits per heavy atom. The van der Waals surface area contributed by atoms with Crippen molar-refractivity contribution in [1.82, 2.24) is 5.32 Å². The van der Waals surface area contributed by atoms with Crippen LogP contribution in [0.25, 0.3) is 0 Å². The van der Waals surface area contributed by atoms with Gasteiger partial charge in [-0.15, -0.1) is 0 Å². The maximum absolute atomic E-state index is 12.8. The molecule has 0 saturated heterocycles. The quantitative estimate of drug-likeness (QED) is 0.328. The van der Waals surface area contributed by atoms with E-state index in [1.807, 2.05) is 13.8 Å². The van der Waals surface area contributed by atoms with Gasteiger partial charge < -0.3 is 14.6 Å². The summed E-state index contributed by atoms with van der Waals surface area (Å²) in [6.07, 6.45) is 2.39. The van der Waals surface area contributed by atoms with Crippen molar-refractivity contribution in [1.29, 1.82) is 0 Å². The minimum absolute atomic E-state index is 0.244. The van der Waals surface area contributed by atoms with Crippen LogP contribution in [0.4, 0.5) is 0 Å². The fraction of sp³-hybridized carbons (Fsp3) is 0.889. The molecule has 0 aliphatic carbocycles. The second kappa shape index (κ2) is 9.17. The van der Waals surface area contributed by atoms with Crippen molar-refractivity contribution in [2.24, 2.45) is 10.8 Å². The third-order valence-electron chi connectivity index (χ3n) is 4.43. The van der Waals surface area contributed by atoms with Gasteiger partial charge in [0, 0.05) is 11.0 Å². The molecule has 0 aliphatic heterocycles. The van der Waals surface area contributed by atoms with E-state index in [1.54, 1.807) is 20.8 Å². The third kappa shape index (κ3) is 8.49. The molecule has 0 fully saturated rings. The molecule has 7 nitrogen and oxygen atoms in total. The zero-order chi connectivity index (χ0) is 20.8. The Kier molecular flexibility index (Phi) is 8.76. The van der Waals surface area contributed by atoms with Crippen molar-refractivity contribution in [3.05, 3.63) is 0 Å². The van der Waals surface area contributed by atoms with Crippen molar-refractivity contribution in [3.63, 3.8) is 0 Å². The Bertz CT molecular complexity index is 597. The Balaban J connectivity index is 5.20. The molecule has 0 aromatic heterocycles. The summed E-state index contributed by atoms with van der Waals surface area (Å²) in [6.45, 7) is 12.3. The summed E-state index contributed by atoms with van der Waals surface area (Å²) in [5.41, 5.74) is -2.97. The molecule has 0 aromatic carbocycles. The molecule has 0 spiro atoms. The minimum atomic E-state index is -4.48. The molecule has 1 unspecified atom stereocenters. The van der Waals surface area contributed by atoms with Crippen LogP contribution in [-0.4, -0.2) is 42.7 Å². The summed E-state index contributed by atoms with van der Waals surface area (Å²) in [5, 5.41) is 2.65. The number of hydrogen-bond acceptors (Lipinski definition) is 6. The van der Waals surface area contributed by atoms with E-state index >= 15 is 0 Å². The average molecular weight is 393 g/mol. The van der Waals surface area contributed by atoms with Crippen molar-refractivity contribution >= 4 is 22.0 Å². The van der Waals surface area contributed by atoms with Gasteiger partial charge in [0.15, 0.2) is 0 Å². The zero-order valence-corrected chi connectivity index (χ0v) is 17.9. The molecule has 0 bridgehead atoms. The summed E-state index contributed by atoms with van der Waals surface area (Å²) >= 11 is 0. The first kappa shape index (κ1) is 24.8. The molecule has 8 heteroatoms. The van der Waals surface area contributed by atoms with E-state index in [9.17, 15) is 22.6 Å². The van der Waals surface area contributed by atoms with Gasteiger partial charge in [0.2, 0.25) is 5.91 Å². The predicted molar refractivity (Wildman–Crippen MR) is 99.4 cm³/mol. The lowest BCUT2D eigenvalue weighted by Crippen LogP contribution is -2.54. The van der Waals surface area contributed by atoms with E-state index in [1.165, 1.54) is 13.8 Å². The smallest absolute Gasteiger partial charge is 0.311 e. The van der Waals surface area contributed by atoms with Crippen LogP contribution < -0.4 is 5.32 Å². The van der Waals surface area contributed by atoms with Crippen molar-refractivity contribution in [2.45, 2.75) is 79.7 Å². The molecule has 154 valence electrons. The summed E-state index contributed by atoms with van der Waals surface area (Å²) in [4.78, 5) is 25.2. The number of rotatable bonds is 11. The molecule has 0 aliphatic rings. The van der Waals surface area contributed by atoms with Crippen LogP contribution in [-0.2, 0) is 24.4 Å². The van der Waals surface area contributed by atoms with Gasteiger partial charge in [0.05, 0.1) is 27.9 Å². The highest BCUT2D eigenvalue weighted by Crippen LogP contribution is 2.38. The third-order valence-corrected chi connectivity index (χ3v) is 5.51. The zero-order valence-electron chi connectivity index (χ0n) is 17.1. The van der Waals surface area contributed by atoms with E-state index in [0.29, 0.717) is 13.0 Å². The lowest BCUT2D eigenvalue weighted by molar-refractivity contribution is -0.157. The second-order valence-electron chi connectivity index (χ2n) is 8.50. The molecule has 0 radical (unpaired) electrons. The van der Waals surface area contributed by atoms with Gasteiger partial charge in [-0.3, -0.25) is 9.59 Å². The van der Waals surface area contributed by atoms with Crippen LogP contribution in [0.1, 0.15) is 74.1 Å². The maximum Gasteiger partial charge on any atom is 0.311 e. The molecule has 1 N–H and O–H groups in total. The van der Waals surface area contributed by atoms with Gasteiger partial charge in [0.25, 0.3) is 0 Å². The Hall–Kier alpha value is -1.15. The summed E-state index contributed by atoms with van der Waals surface area (Å²) in [5.74, 6) is -1.45. The molecule has 0 aromatic rings. The van der Waals surface area contributed by atoms with Crippen LogP contribution >= 0.6 is 0 Å². The van der Waals surface area contributed by atoms with Gasteiger partial charge in [-0.1, -0.05) is 27.2 Å². The molecule has 1 amide bonds. The molecule has 1 atom stereocenters. The largest absolute Gasteiger partial charge is 0.748 e. The minimum Gasteiger partial charge on any atom is -0.748 e. The summed E-state index contributed by atoms with van der Waals surface area (Å²) in [6, 6.07) is 0. The monoisotopic (exact) mass is 392 g/mol. The highest BCUT2D eigenvalue weighted by atomic mass is 32.2. The first-order valence-corrected chi connectivity index (χ1v) is 10.6. The fourth-order valence-electron chi connectivity index (χ4n) is 2.85. The highest BCUT2D eigenvalue weighted by molar-refractivity contribution is 7.85. The van der Waals surface area contributed by atoms with E-state index in [4.69, 9.17) is 4.74 Å². The molecule has 0 rings (SSSR count). The number of ether oxygens (including phenoxy) is 1. The van der Waals surface area contributed by atoms with Gasteiger partial charge >= 0.3 is 5.97 Å². The molecule has 0 heterocycles. The van der Waals surface area contributed by atoms with Gasteiger partial charge in [0.1, 0.15) is 0 Å². The van der Waals surface area contributed by atoms with Gasteiger partial charge in [-0.05, 0) is 47.0 Å². The number of unbranched alkanes of at least 4 members (excludes halogenated alkanes) is 1. The molecule has 26 heavy (non-hydrogen) atoms. The van der Waals surface area contributed by atoms with Crippen molar-refractivity contribution < 1.29 is 27.3 Å². The van der Waals surface area contributed by atoms with Crippen LogP contribution in [0.2, 0.25) is 0 Å². The second-order valence-corrected chi connectivity index (χ2v) is 9.91. The van der Waals surface area contributed by atoms with Crippen LogP contribution in [0.15, 0.2) is 0 Å². The highest BCUT2D eigenvalue weighted by Gasteiger charge is 2.43. The first-order valence-electron chi connectivity index (χ1n) is 9.02. The van der Waals surface area contributed by atoms with Crippen molar-refractivity contribution in [2.75, 3.05) is 12.4 Å². The number of carbonyl (C=O) groups is 2. The SMILES string of the molecule is CCCCOC(=O)C(C)(C)CC(C)(CC)C(=O)NC(C)(C)CS(=O)(=O)[O-]. The molecular weight excluding hydrogens is 358 g/mol. The molecule has 0 saturated carbocycles. The van der Waals surface area contributed by atoms with E-state index in [2.05, 4.69) is 5.32 Å². The Morgan fingerprint density at radius 1 is 1.08 bits per heavy atom. The van der Waals surface area contributed by atoms with Gasteiger partial charge in [-0.25, -0.2) is 8.42 Å². The van der Waals surface area contributed by atoms with Gasteiger partial charge in [-0.2, -0.15) is 0 Å². The fourth-order valence-corrected chi connectivity index (χ4v) is 3.81. The van der Waals surface area contributed by atoms with E-state index in [0.717, 1.165) is 12.8 Å². The Morgan fingerprint density at radius 2 is 1.62 bits per heavy atom. The summed E-state index contributed by atoms with van der Waals surface area (Å²) < 4.78 is 38.4. The normalized spacial score (nSPS) is 15.2. The Labute approximate surface area is 158 Å². The maximum atomic E-state index is 12.8. The summed E-state index contributed by atoms with van der Waals surface area (Å²) in [7, 11) is -4.48. The van der Waals surface area contributed by atoms with Crippen LogP contribution in [0, 0.1) is 10.8 Å². The first-order chi connectivity index (χ1) is 11.6. The number of esters is 1. The number of amides is 1. The number of carbonyl (C=O) groups excluding carboxylic acids is 2. The van der Waals surface area contributed by atoms with Crippen LogP contribution in [0.3, 0.4) is 0 Å². The van der Waals surface area contributed by atoms with E-state index < -0.39 is 32.2 Å². The topological polar surface area (TPSA) is 113 Å². The average Bonchev–Trinajstić information content (AvgIpc) is 2.43. The van der Waals surface area contributed by atoms with Crippen LogP contribution in [0.5, 0.6) is 0 Å². The van der Waals surface area contributed by atoms with E-state index in [-0.39, 0.29) is 18.3 Å². The lowest BCUT2D eigenvalue weighted by Gasteiger charge is -2.37. The number of nitrogens with one attached hydrogen (secondary N) is 1. The standard InChI is InChI=1S/C18H35NO6S/c1-8-10-11-25-15(21)16(3,4)12-18(7,9-2)14(20)19-17(5,6)13-26(22,23)24/h8-13H2,1-7H3,(H,19,20)(H,22,23,24)/p-1. The van der Waals surface area contributed by atoms with Crippen molar-refractivity contribution in [3.8, 4) is 0 Å².